The number of ether oxygens (including phenoxy) is 1. The first-order valence-electron chi connectivity index (χ1n) is 4.05. The van der Waals surface area contributed by atoms with Crippen LogP contribution in [0.3, 0.4) is 0 Å². The molecule has 2 rings (SSSR count). The highest BCUT2D eigenvalue weighted by molar-refractivity contribution is 5.28. The van der Waals surface area contributed by atoms with Gasteiger partial charge in [-0.15, -0.1) is 0 Å². The lowest BCUT2D eigenvalue weighted by Gasteiger charge is -2.07. The van der Waals surface area contributed by atoms with E-state index in [1.807, 2.05) is 0 Å². The molecule has 12 heavy (non-hydrogen) atoms. The molecule has 0 spiro atoms. The quantitative estimate of drug-likeness (QED) is 0.671. The highest BCUT2D eigenvalue weighted by atomic mass is 16.5. The Morgan fingerprint density at radius 2 is 2.42 bits per heavy atom. The summed E-state index contributed by atoms with van der Waals surface area (Å²) in [6.45, 7) is 0.828. The molecule has 0 amide bonds. The van der Waals surface area contributed by atoms with E-state index in [1.165, 1.54) is 6.33 Å². The molecule has 4 heteroatoms. The van der Waals surface area contributed by atoms with Crippen LogP contribution in [-0.4, -0.2) is 16.6 Å². The molecule has 1 fully saturated rings. The highest BCUT2D eigenvalue weighted by Gasteiger charge is 2.18. The summed E-state index contributed by atoms with van der Waals surface area (Å²) < 4.78 is 5.45. The molecule has 0 aliphatic carbocycles. The van der Waals surface area contributed by atoms with Crippen LogP contribution in [-0.2, 0) is 4.74 Å². The number of anilines is 1. The van der Waals surface area contributed by atoms with E-state index in [9.17, 15) is 0 Å². The molecule has 4 nitrogen and oxygen atoms in total. The van der Waals surface area contributed by atoms with Crippen LogP contribution in [0.15, 0.2) is 12.4 Å². The van der Waals surface area contributed by atoms with Gasteiger partial charge in [-0.2, -0.15) is 0 Å². The number of hydrogen-bond donors (Lipinski definition) is 1. The van der Waals surface area contributed by atoms with E-state index in [4.69, 9.17) is 10.5 Å². The van der Waals surface area contributed by atoms with Crippen molar-refractivity contribution in [3.05, 3.63) is 18.1 Å². The Morgan fingerprint density at radius 3 is 3.08 bits per heavy atom. The van der Waals surface area contributed by atoms with Crippen molar-refractivity contribution in [2.75, 3.05) is 12.3 Å². The van der Waals surface area contributed by atoms with Gasteiger partial charge in [-0.05, 0) is 12.8 Å². The number of rotatable bonds is 1. The molecule has 2 N–H and O–H groups in total. The maximum atomic E-state index is 5.52. The van der Waals surface area contributed by atoms with Crippen LogP contribution < -0.4 is 5.73 Å². The van der Waals surface area contributed by atoms with Crippen LogP contribution in [0, 0.1) is 0 Å². The summed E-state index contributed by atoms with van der Waals surface area (Å²) in [4.78, 5) is 7.93. The Hall–Kier alpha value is -1.16. The lowest BCUT2D eigenvalue weighted by Crippen LogP contribution is -2.01. The van der Waals surface area contributed by atoms with E-state index in [2.05, 4.69) is 9.97 Å². The minimum absolute atomic E-state index is 0.135. The summed E-state index contributed by atoms with van der Waals surface area (Å²) in [6, 6.07) is 1.77. The average molecular weight is 165 g/mol. The molecule has 1 aliphatic rings. The maximum absolute atomic E-state index is 5.52. The third-order valence-electron chi connectivity index (χ3n) is 1.97. The van der Waals surface area contributed by atoms with Gasteiger partial charge in [0.25, 0.3) is 0 Å². The molecule has 1 aliphatic heterocycles. The fraction of sp³-hybridized carbons (Fsp3) is 0.500. The van der Waals surface area contributed by atoms with Gasteiger partial charge < -0.3 is 10.5 Å². The van der Waals surface area contributed by atoms with Crippen LogP contribution in [0.5, 0.6) is 0 Å². The molecule has 1 aromatic rings. The largest absolute Gasteiger partial charge is 0.384 e. The van der Waals surface area contributed by atoms with Crippen molar-refractivity contribution in [3.63, 3.8) is 0 Å². The molecular formula is C8H11N3O. The first kappa shape index (κ1) is 7.49. The monoisotopic (exact) mass is 165 g/mol. The molecule has 1 saturated heterocycles. The molecule has 1 atom stereocenters. The van der Waals surface area contributed by atoms with Gasteiger partial charge in [0.15, 0.2) is 0 Å². The van der Waals surface area contributed by atoms with Crippen molar-refractivity contribution in [1.82, 2.24) is 9.97 Å². The van der Waals surface area contributed by atoms with Crippen molar-refractivity contribution in [3.8, 4) is 0 Å². The van der Waals surface area contributed by atoms with Gasteiger partial charge in [-0.3, -0.25) is 0 Å². The van der Waals surface area contributed by atoms with Crippen molar-refractivity contribution >= 4 is 5.82 Å². The number of hydrogen-bond acceptors (Lipinski definition) is 4. The van der Waals surface area contributed by atoms with Crippen molar-refractivity contribution in [2.45, 2.75) is 18.9 Å². The summed E-state index contributed by atoms with van der Waals surface area (Å²) >= 11 is 0. The van der Waals surface area contributed by atoms with Crippen molar-refractivity contribution in [1.29, 1.82) is 0 Å². The molecular weight excluding hydrogens is 154 g/mol. The van der Waals surface area contributed by atoms with Gasteiger partial charge >= 0.3 is 0 Å². The summed E-state index contributed by atoms with van der Waals surface area (Å²) in [7, 11) is 0. The van der Waals surface area contributed by atoms with Crippen LogP contribution in [0.25, 0.3) is 0 Å². The Balaban J connectivity index is 2.21. The van der Waals surface area contributed by atoms with E-state index < -0.39 is 0 Å². The summed E-state index contributed by atoms with van der Waals surface area (Å²) in [5.41, 5.74) is 6.42. The van der Waals surface area contributed by atoms with Gasteiger partial charge in [0.2, 0.25) is 0 Å². The Labute approximate surface area is 70.8 Å². The Bertz CT molecular complexity index is 271. The number of nitrogens with zero attached hydrogens (tertiary/aromatic N) is 2. The molecule has 64 valence electrons. The van der Waals surface area contributed by atoms with Gasteiger partial charge in [0, 0.05) is 12.7 Å². The summed E-state index contributed by atoms with van der Waals surface area (Å²) in [6.07, 6.45) is 3.76. The summed E-state index contributed by atoms with van der Waals surface area (Å²) in [5, 5.41) is 0. The van der Waals surface area contributed by atoms with Crippen LogP contribution >= 0.6 is 0 Å². The van der Waals surface area contributed by atoms with Crippen LogP contribution in [0.1, 0.15) is 24.6 Å². The Kier molecular flexibility index (Phi) is 1.91. The Morgan fingerprint density at radius 1 is 1.50 bits per heavy atom. The second-order valence-electron chi connectivity index (χ2n) is 2.87. The van der Waals surface area contributed by atoms with Crippen LogP contribution in [0.2, 0.25) is 0 Å². The predicted octanol–water partition coefficient (Wildman–Crippen LogP) is 0.910. The molecule has 2 heterocycles. The molecule has 0 radical (unpaired) electrons. The van der Waals surface area contributed by atoms with E-state index in [0.29, 0.717) is 5.82 Å². The molecule has 0 unspecified atom stereocenters. The number of nitrogens with two attached hydrogens (primary N) is 1. The molecule has 0 bridgehead atoms. The fourth-order valence-electron chi connectivity index (χ4n) is 1.38. The third-order valence-corrected chi connectivity index (χ3v) is 1.97. The highest BCUT2D eigenvalue weighted by Crippen LogP contribution is 2.26. The maximum Gasteiger partial charge on any atom is 0.127 e. The van der Waals surface area contributed by atoms with Gasteiger partial charge in [-0.25, -0.2) is 9.97 Å². The zero-order valence-corrected chi connectivity index (χ0v) is 6.73. The van der Waals surface area contributed by atoms with E-state index in [-0.39, 0.29) is 6.10 Å². The summed E-state index contributed by atoms with van der Waals surface area (Å²) in [5.74, 6) is 0.510. The molecule has 0 aromatic carbocycles. The van der Waals surface area contributed by atoms with E-state index in [1.54, 1.807) is 6.07 Å². The smallest absolute Gasteiger partial charge is 0.127 e. The first-order valence-corrected chi connectivity index (χ1v) is 4.05. The predicted molar refractivity (Wildman–Crippen MR) is 44.4 cm³/mol. The van der Waals surface area contributed by atoms with Gasteiger partial charge in [0.05, 0.1) is 11.8 Å². The topological polar surface area (TPSA) is 61.0 Å². The lowest BCUT2D eigenvalue weighted by atomic mass is 10.2. The van der Waals surface area contributed by atoms with Gasteiger partial charge in [0.1, 0.15) is 12.1 Å². The molecule has 0 saturated carbocycles. The first-order chi connectivity index (χ1) is 5.86. The minimum atomic E-state index is 0.135. The number of aromatic nitrogens is 2. The van der Waals surface area contributed by atoms with E-state index in [0.717, 1.165) is 25.1 Å². The fourth-order valence-corrected chi connectivity index (χ4v) is 1.38. The van der Waals surface area contributed by atoms with Crippen molar-refractivity contribution < 1.29 is 4.74 Å². The zero-order chi connectivity index (χ0) is 8.39. The van der Waals surface area contributed by atoms with Crippen molar-refractivity contribution in [2.24, 2.45) is 0 Å². The normalized spacial score (nSPS) is 22.8. The second kappa shape index (κ2) is 3.06. The van der Waals surface area contributed by atoms with E-state index >= 15 is 0 Å². The third kappa shape index (κ3) is 1.38. The van der Waals surface area contributed by atoms with Crippen LogP contribution in [0.4, 0.5) is 5.82 Å². The second-order valence-corrected chi connectivity index (χ2v) is 2.87. The lowest BCUT2D eigenvalue weighted by molar-refractivity contribution is 0.108. The SMILES string of the molecule is Nc1cc([C@H]2CCCO2)ncn1. The van der Waals surface area contributed by atoms with Gasteiger partial charge in [-0.1, -0.05) is 0 Å². The standard InChI is InChI=1S/C8H11N3O/c9-8-4-6(10-5-11-8)7-2-1-3-12-7/h4-5,7H,1-3H2,(H2,9,10,11)/t7-/m1/s1. The zero-order valence-electron chi connectivity index (χ0n) is 6.73. The minimum Gasteiger partial charge on any atom is -0.384 e. The number of nitrogen functional groups attached to an aromatic ring is 1. The average Bonchev–Trinajstić information content (AvgIpc) is 2.56. The molecule has 1 aromatic heterocycles.